The van der Waals surface area contributed by atoms with Crippen molar-refractivity contribution in [3.8, 4) is 0 Å². The van der Waals surface area contributed by atoms with Gasteiger partial charge in [0.2, 0.25) is 5.91 Å². The lowest BCUT2D eigenvalue weighted by Gasteiger charge is -2.34. The van der Waals surface area contributed by atoms with E-state index < -0.39 is 0 Å². The zero-order valence-corrected chi connectivity index (χ0v) is 14.7. The lowest BCUT2D eigenvalue weighted by molar-refractivity contribution is -0.134. The summed E-state index contributed by atoms with van der Waals surface area (Å²) in [4.78, 5) is 21.7. The summed E-state index contributed by atoms with van der Waals surface area (Å²) in [5.74, 6) is 1.81. The third kappa shape index (κ3) is 3.94. The van der Waals surface area contributed by atoms with Gasteiger partial charge in [-0.15, -0.1) is 11.3 Å². The molecule has 1 aromatic heterocycles. The molecule has 3 fully saturated rings. The highest BCUT2D eigenvalue weighted by molar-refractivity contribution is 7.09. The number of carbonyl (C=O) groups excluding carboxylic acids is 1. The van der Waals surface area contributed by atoms with Gasteiger partial charge in [-0.3, -0.25) is 9.69 Å². The van der Waals surface area contributed by atoms with Gasteiger partial charge in [0.15, 0.2) is 0 Å². The minimum absolute atomic E-state index is 0.391. The molecule has 4 rings (SSSR count). The summed E-state index contributed by atoms with van der Waals surface area (Å²) in [6, 6.07) is 0. The maximum atomic E-state index is 12.4. The molecule has 0 radical (unpaired) electrons. The number of thiazole rings is 1. The summed E-state index contributed by atoms with van der Waals surface area (Å²) in [7, 11) is 0. The maximum Gasteiger partial charge on any atom is 0.222 e. The predicted molar refractivity (Wildman–Crippen MR) is 92.5 cm³/mol. The van der Waals surface area contributed by atoms with Gasteiger partial charge in [0.25, 0.3) is 0 Å². The summed E-state index contributed by atoms with van der Waals surface area (Å²) >= 11 is 1.81. The van der Waals surface area contributed by atoms with Gasteiger partial charge in [-0.05, 0) is 31.6 Å². The largest absolute Gasteiger partial charge is 0.340 e. The molecule has 0 unspecified atom stereocenters. The molecule has 1 aromatic rings. The van der Waals surface area contributed by atoms with Crippen LogP contribution in [0.2, 0.25) is 0 Å². The zero-order chi connectivity index (χ0) is 15.6. The summed E-state index contributed by atoms with van der Waals surface area (Å²) in [5, 5.41) is 3.49. The van der Waals surface area contributed by atoms with Crippen LogP contribution in [-0.2, 0) is 11.3 Å². The number of amides is 1. The van der Waals surface area contributed by atoms with Crippen LogP contribution in [0.1, 0.15) is 61.6 Å². The average Bonchev–Trinajstić information content (AvgIpc) is 3.09. The summed E-state index contributed by atoms with van der Waals surface area (Å²) < 4.78 is 0. The van der Waals surface area contributed by atoms with Crippen molar-refractivity contribution in [1.82, 2.24) is 14.8 Å². The van der Waals surface area contributed by atoms with Crippen LogP contribution in [0.4, 0.5) is 0 Å². The second kappa shape index (κ2) is 6.89. The Morgan fingerprint density at radius 2 is 1.87 bits per heavy atom. The van der Waals surface area contributed by atoms with Crippen LogP contribution in [0.3, 0.4) is 0 Å². The van der Waals surface area contributed by atoms with Crippen LogP contribution in [0.25, 0.3) is 0 Å². The number of hydrogen-bond acceptors (Lipinski definition) is 4. The normalized spacial score (nSPS) is 23.6. The van der Waals surface area contributed by atoms with E-state index >= 15 is 0 Å². The Morgan fingerprint density at radius 3 is 2.57 bits per heavy atom. The van der Waals surface area contributed by atoms with Crippen molar-refractivity contribution in [3.05, 3.63) is 16.1 Å². The molecule has 126 valence electrons. The van der Waals surface area contributed by atoms with Gasteiger partial charge in [-0.1, -0.05) is 12.8 Å². The molecule has 1 saturated heterocycles. The van der Waals surface area contributed by atoms with E-state index in [1.54, 1.807) is 11.3 Å². The van der Waals surface area contributed by atoms with Crippen LogP contribution in [0, 0.1) is 5.92 Å². The molecule has 0 atom stereocenters. The van der Waals surface area contributed by atoms with Gasteiger partial charge in [-0.25, -0.2) is 4.98 Å². The minimum Gasteiger partial charge on any atom is -0.340 e. The van der Waals surface area contributed by atoms with Crippen molar-refractivity contribution >= 4 is 17.2 Å². The number of aromatic nitrogens is 1. The quantitative estimate of drug-likeness (QED) is 0.830. The summed E-state index contributed by atoms with van der Waals surface area (Å²) in [6.45, 7) is 4.74. The van der Waals surface area contributed by atoms with Gasteiger partial charge in [0, 0.05) is 43.9 Å². The first-order valence-corrected chi connectivity index (χ1v) is 10.1. The van der Waals surface area contributed by atoms with E-state index in [-0.39, 0.29) is 0 Å². The second-order valence-corrected chi connectivity index (χ2v) is 8.39. The monoisotopic (exact) mass is 333 g/mol. The number of piperazine rings is 1. The molecule has 4 nitrogen and oxygen atoms in total. The van der Waals surface area contributed by atoms with Gasteiger partial charge >= 0.3 is 0 Å². The SMILES string of the molecule is O=C(CC1CCCC1)N1CCN(Cc2nc(C3CC3)cs2)CC1. The molecule has 3 aliphatic rings. The third-order valence-corrected chi connectivity index (χ3v) is 6.44. The second-order valence-electron chi connectivity index (χ2n) is 7.45. The molecular weight excluding hydrogens is 306 g/mol. The number of carbonyl (C=O) groups is 1. The smallest absolute Gasteiger partial charge is 0.222 e. The van der Waals surface area contributed by atoms with Crippen LogP contribution >= 0.6 is 11.3 Å². The van der Waals surface area contributed by atoms with E-state index in [9.17, 15) is 4.79 Å². The first kappa shape index (κ1) is 15.6. The Balaban J connectivity index is 1.22. The van der Waals surface area contributed by atoms with E-state index in [0.717, 1.165) is 45.1 Å². The van der Waals surface area contributed by atoms with Gasteiger partial charge < -0.3 is 4.90 Å². The van der Waals surface area contributed by atoms with Crippen molar-refractivity contribution < 1.29 is 4.79 Å². The summed E-state index contributed by atoms with van der Waals surface area (Å²) in [5.41, 5.74) is 1.32. The highest BCUT2D eigenvalue weighted by atomic mass is 32.1. The lowest BCUT2D eigenvalue weighted by atomic mass is 10.0. The Morgan fingerprint density at radius 1 is 1.13 bits per heavy atom. The molecule has 1 aliphatic heterocycles. The number of rotatable bonds is 5. The van der Waals surface area contributed by atoms with Gasteiger partial charge in [0.05, 0.1) is 12.2 Å². The molecule has 2 saturated carbocycles. The summed E-state index contributed by atoms with van der Waals surface area (Å²) in [6.07, 6.45) is 8.61. The Kier molecular flexibility index (Phi) is 4.67. The standard InChI is InChI=1S/C18H27N3OS/c22-18(11-14-3-1-2-4-14)21-9-7-20(8-10-21)12-17-19-16(13-23-17)15-5-6-15/h13-15H,1-12H2. The molecular formula is C18H27N3OS. The van der Waals surface area contributed by atoms with E-state index in [4.69, 9.17) is 4.98 Å². The molecule has 0 spiro atoms. The topological polar surface area (TPSA) is 36.4 Å². The fourth-order valence-electron chi connectivity index (χ4n) is 3.90. The number of nitrogens with zero attached hydrogens (tertiary/aromatic N) is 3. The van der Waals surface area contributed by atoms with Crippen molar-refractivity contribution in [2.75, 3.05) is 26.2 Å². The first-order valence-electron chi connectivity index (χ1n) is 9.22. The highest BCUT2D eigenvalue weighted by Crippen LogP contribution is 2.40. The van der Waals surface area contributed by atoms with E-state index in [1.807, 2.05) is 0 Å². The molecule has 2 aliphatic carbocycles. The van der Waals surface area contributed by atoms with Crippen molar-refractivity contribution in [1.29, 1.82) is 0 Å². The fourth-order valence-corrected chi connectivity index (χ4v) is 4.82. The third-order valence-electron chi connectivity index (χ3n) is 5.59. The predicted octanol–water partition coefficient (Wildman–Crippen LogP) is 3.25. The average molecular weight is 334 g/mol. The van der Waals surface area contributed by atoms with Crippen LogP contribution in [-0.4, -0.2) is 46.9 Å². The van der Waals surface area contributed by atoms with E-state index in [1.165, 1.54) is 49.2 Å². The van der Waals surface area contributed by atoms with Crippen LogP contribution in [0.5, 0.6) is 0 Å². The lowest BCUT2D eigenvalue weighted by Crippen LogP contribution is -2.48. The first-order chi connectivity index (χ1) is 11.3. The molecule has 5 heteroatoms. The molecule has 0 bridgehead atoms. The maximum absolute atomic E-state index is 12.4. The zero-order valence-electron chi connectivity index (χ0n) is 13.9. The Hall–Kier alpha value is -0.940. The van der Waals surface area contributed by atoms with Gasteiger partial charge in [0.1, 0.15) is 5.01 Å². The van der Waals surface area contributed by atoms with Gasteiger partial charge in [-0.2, -0.15) is 0 Å². The van der Waals surface area contributed by atoms with Crippen LogP contribution < -0.4 is 0 Å². The minimum atomic E-state index is 0.391. The highest BCUT2D eigenvalue weighted by Gasteiger charge is 2.27. The van der Waals surface area contributed by atoms with Crippen molar-refractivity contribution in [3.63, 3.8) is 0 Å². The molecule has 2 heterocycles. The Labute approximate surface area is 142 Å². The van der Waals surface area contributed by atoms with Crippen molar-refractivity contribution in [2.45, 2.75) is 57.4 Å². The Bertz CT molecular complexity index is 540. The fraction of sp³-hybridized carbons (Fsp3) is 0.778. The molecule has 0 aromatic carbocycles. The molecule has 0 N–H and O–H groups in total. The van der Waals surface area contributed by atoms with Crippen LogP contribution in [0.15, 0.2) is 5.38 Å². The molecule has 23 heavy (non-hydrogen) atoms. The van der Waals surface area contributed by atoms with E-state index in [0.29, 0.717) is 11.8 Å². The number of hydrogen-bond donors (Lipinski definition) is 0. The molecule has 1 amide bonds. The van der Waals surface area contributed by atoms with E-state index in [2.05, 4.69) is 15.2 Å². The van der Waals surface area contributed by atoms with Crippen molar-refractivity contribution in [2.24, 2.45) is 5.92 Å².